The van der Waals surface area contributed by atoms with Crippen molar-refractivity contribution < 1.29 is 9.84 Å². The van der Waals surface area contributed by atoms with E-state index in [1.807, 2.05) is 6.92 Å². The van der Waals surface area contributed by atoms with E-state index >= 15 is 0 Å². The lowest BCUT2D eigenvalue weighted by Gasteiger charge is -2.36. The van der Waals surface area contributed by atoms with Crippen molar-refractivity contribution >= 4 is 23.2 Å². The van der Waals surface area contributed by atoms with Crippen LogP contribution in [0.3, 0.4) is 0 Å². The first kappa shape index (κ1) is 19.0. The minimum atomic E-state index is 0. The molecule has 1 atom stereocenters. The Morgan fingerprint density at radius 3 is 2.62 bits per heavy atom. The van der Waals surface area contributed by atoms with Gasteiger partial charge in [-0.05, 0) is 30.2 Å². The van der Waals surface area contributed by atoms with Crippen LogP contribution in [0.5, 0.6) is 5.75 Å². The van der Waals surface area contributed by atoms with Crippen LogP contribution in [0.2, 0.25) is 0 Å². The van der Waals surface area contributed by atoms with Crippen molar-refractivity contribution in [2.45, 2.75) is 19.4 Å². The fraction of sp³-hybridized carbons (Fsp3) is 0.474. The van der Waals surface area contributed by atoms with Crippen LogP contribution in [-0.2, 0) is 0 Å². The van der Waals surface area contributed by atoms with E-state index in [4.69, 9.17) is 4.74 Å². The first-order chi connectivity index (χ1) is 11.3. The standard InChI is InChI=1S/C19H26N2O2.ClH/c1-2-23-18-8-7-15-5-3-4-6-16(15)19(18)17(9-14-22)21-12-10-20-11-13-21;/h3-8,17,20,22H,2,9-14H2,1H3;1H/t17-;/m1./s1. The summed E-state index contributed by atoms with van der Waals surface area (Å²) in [5.41, 5.74) is 1.22. The van der Waals surface area contributed by atoms with Crippen LogP contribution in [0, 0.1) is 0 Å². The molecule has 1 aliphatic heterocycles. The molecule has 1 saturated heterocycles. The van der Waals surface area contributed by atoms with Gasteiger partial charge in [0, 0.05) is 44.4 Å². The van der Waals surface area contributed by atoms with Crippen LogP contribution in [0.4, 0.5) is 0 Å². The van der Waals surface area contributed by atoms with Gasteiger partial charge in [0.05, 0.1) is 6.61 Å². The Morgan fingerprint density at radius 1 is 1.17 bits per heavy atom. The molecule has 1 fully saturated rings. The smallest absolute Gasteiger partial charge is 0.124 e. The van der Waals surface area contributed by atoms with Gasteiger partial charge in [0.2, 0.25) is 0 Å². The number of aliphatic hydroxyl groups excluding tert-OH is 1. The van der Waals surface area contributed by atoms with Crippen molar-refractivity contribution in [1.29, 1.82) is 0 Å². The molecule has 1 aliphatic rings. The van der Waals surface area contributed by atoms with Crippen molar-refractivity contribution in [2.24, 2.45) is 0 Å². The second-order valence-electron chi connectivity index (χ2n) is 5.95. The van der Waals surface area contributed by atoms with E-state index in [1.54, 1.807) is 0 Å². The fourth-order valence-electron chi connectivity index (χ4n) is 3.53. The third-order valence-corrected chi connectivity index (χ3v) is 4.56. The normalized spacial score (nSPS) is 16.6. The van der Waals surface area contributed by atoms with Gasteiger partial charge in [-0.3, -0.25) is 4.90 Å². The zero-order valence-electron chi connectivity index (χ0n) is 14.2. The van der Waals surface area contributed by atoms with Crippen LogP contribution in [0.1, 0.15) is 24.9 Å². The number of piperazine rings is 1. The molecule has 0 saturated carbocycles. The molecule has 0 unspecified atom stereocenters. The average molecular weight is 351 g/mol. The largest absolute Gasteiger partial charge is 0.494 e. The molecule has 0 bridgehead atoms. The van der Waals surface area contributed by atoms with Gasteiger partial charge in [-0.1, -0.05) is 30.3 Å². The zero-order chi connectivity index (χ0) is 16.1. The van der Waals surface area contributed by atoms with Gasteiger partial charge in [-0.15, -0.1) is 12.4 Å². The van der Waals surface area contributed by atoms with E-state index in [2.05, 4.69) is 46.6 Å². The molecule has 4 nitrogen and oxygen atoms in total. The molecule has 0 amide bonds. The zero-order valence-corrected chi connectivity index (χ0v) is 15.0. The molecule has 0 spiro atoms. The van der Waals surface area contributed by atoms with E-state index in [0.717, 1.165) is 38.3 Å². The maximum absolute atomic E-state index is 9.64. The number of fused-ring (bicyclic) bond motifs is 1. The summed E-state index contributed by atoms with van der Waals surface area (Å²) in [4.78, 5) is 2.47. The van der Waals surface area contributed by atoms with Gasteiger partial charge in [0.1, 0.15) is 5.75 Å². The number of nitrogens with one attached hydrogen (secondary N) is 1. The van der Waals surface area contributed by atoms with E-state index in [9.17, 15) is 5.11 Å². The first-order valence-electron chi connectivity index (χ1n) is 8.55. The summed E-state index contributed by atoms with van der Waals surface area (Å²) in [7, 11) is 0. The number of aliphatic hydroxyl groups is 1. The Kier molecular flexibility index (Phi) is 7.31. The number of hydrogen-bond donors (Lipinski definition) is 2. The number of nitrogens with zero attached hydrogens (tertiary/aromatic N) is 1. The molecule has 132 valence electrons. The highest BCUT2D eigenvalue weighted by Gasteiger charge is 2.26. The Balaban J connectivity index is 0.00000208. The van der Waals surface area contributed by atoms with Crippen molar-refractivity contribution in [3.05, 3.63) is 42.0 Å². The van der Waals surface area contributed by atoms with Gasteiger partial charge >= 0.3 is 0 Å². The highest BCUT2D eigenvalue weighted by Crippen LogP contribution is 2.38. The van der Waals surface area contributed by atoms with Crippen molar-refractivity contribution in [1.82, 2.24) is 10.2 Å². The number of ether oxygens (including phenoxy) is 1. The van der Waals surface area contributed by atoms with Crippen LogP contribution in [0.25, 0.3) is 10.8 Å². The summed E-state index contributed by atoms with van der Waals surface area (Å²) < 4.78 is 5.94. The summed E-state index contributed by atoms with van der Waals surface area (Å²) in [5.74, 6) is 0.947. The average Bonchev–Trinajstić information content (AvgIpc) is 2.61. The molecular weight excluding hydrogens is 324 g/mol. The second kappa shape index (κ2) is 9.23. The van der Waals surface area contributed by atoms with E-state index in [0.29, 0.717) is 6.61 Å². The maximum Gasteiger partial charge on any atom is 0.124 e. The van der Waals surface area contributed by atoms with E-state index in [1.165, 1.54) is 16.3 Å². The molecule has 0 aromatic heterocycles. The molecule has 24 heavy (non-hydrogen) atoms. The Morgan fingerprint density at radius 2 is 1.92 bits per heavy atom. The number of hydrogen-bond acceptors (Lipinski definition) is 4. The molecule has 1 heterocycles. The van der Waals surface area contributed by atoms with E-state index in [-0.39, 0.29) is 25.1 Å². The summed E-state index contributed by atoms with van der Waals surface area (Å²) in [6.45, 7) is 6.85. The summed E-state index contributed by atoms with van der Waals surface area (Å²) in [5, 5.41) is 15.5. The minimum absolute atomic E-state index is 0. The summed E-state index contributed by atoms with van der Waals surface area (Å²) >= 11 is 0. The number of halogens is 1. The molecular formula is C19H27ClN2O2. The maximum atomic E-state index is 9.64. The first-order valence-corrected chi connectivity index (χ1v) is 8.55. The lowest BCUT2D eigenvalue weighted by molar-refractivity contribution is 0.139. The SMILES string of the molecule is CCOc1ccc2ccccc2c1[C@@H](CCO)N1CCNCC1.Cl. The predicted octanol–water partition coefficient (Wildman–Crippen LogP) is 2.99. The number of benzene rings is 2. The highest BCUT2D eigenvalue weighted by molar-refractivity contribution is 5.88. The molecule has 2 aromatic carbocycles. The molecule has 2 N–H and O–H groups in total. The van der Waals surface area contributed by atoms with Gasteiger partial charge in [0.25, 0.3) is 0 Å². The van der Waals surface area contributed by atoms with Gasteiger partial charge in [-0.2, -0.15) is 0 Å². The fourth-order valence-corrected chi connectivity index (χ4v) is 3.53. The third kappa shape index (κ3) is 4.01. The predicted molar refractivity (Wildman–Crippen MR) is 101 cm³/mol. The highest BCUT2D eigenvalue weighted by atomic mass is 35.5. The molecule has 3 rings (SSSR count). The summed E-state index contributed by atoms with van der Waals surface area (Å²) in [6.07, 6.45) is 0.730. The molecule has 5 heteroatoms. The van der Waals surface area contributed by atoms with E-state index < -0.39 is 0 Å². The topological polar surface area (TPSA) is 44.7 Å². The molecule has 0 aliphatic carbocycles. The van der Waals surface area contributed by atoms with Crippen LogP contribution >= 0.6 is 12.4 Å². The lowest BCUT2D eigenvalue weighted by atomic mass is 9.94. The Bertz CT molecular complexity index is 644. The lowest BCUT2D eigenvalue weighted by Crippen LogP contribution is -2.45. The molecule has 0 radical (unpaired) electrons. The third-order valence-electron chi connectivity index (χ3n) is 4.56. The van der Waals surface area contributed by atoms with Gasteiger partial charge in [0.15, 0.2) is 0 Å². The monoisotopic (exact) mass is 350 g/mol. The summed E-state index contributed by atoms with van der Waals surface area (Å²) in [6, 6.07) is 12.8. The minimum Gasteiger partial charge on any atom is -0.494 e. The quantitative estimate of drug-likeness (QED) is 0.840. The van der Waals surface area contributed by atoms with Crippen molar-refractivity contribution in [2.75, 3.05) is 39.4 Å². The van der Waals surface area contributed by atoms with Crippen LogP contribution in [0.15, 0.2) is 36.4 Å². The Hall–Kier alpha value is -1.33. The van der Waals surface area contributed by atoms with Crippen molar-refractivity contribution in [3.63, 3.8) is 0 Å². The molecule has 2 aromatic rings. The number of rotatable bonds is 6. The van der Waals surface area contributed by atoms with Crippen molar-refractivity contribution in [3.8, 4) is 5.75 Å². The van der Waals surface area contributed by atoms with Crippen LogP contribution < -0.4 is 10.1 Å². The van der Waals surface area contributed by atoms with Gasteiger partial charge in [-0.25, -0.2) is 0 Å². The second-order valence-corrected chi connectivity index (χ2v) is 5.95. The van der Waals surface area contributed by atoms with Gasteiger partial charge < -0.3 is 15.2 Å². The Labute approximate surface area is 150 Å². The van der Waals surface area contributed by atoms with Crippen LogP contribution in [-0.4, -0.2) is 49.4 Å².